The molecule has 6 heteroatoms. The van der Waals surface area contributed by atoms with Gasteiger partial charge in [-0.15, -0.1) is 0 Å². The first-order valence-corrected chi connectivity index (χ1v) is 6.58. The highest BCUT2D eigenvalue weighted by molar-refractivity contribution is 7.80. The van der Waals surface area contributed by atoms with Gasteiger partial charge in [0.25, 0.3) is 0 Å². The SMILES string of the molecule is O=C(O)c1ccc(CNC(=S)Nc2ccc(F)cc2)cc1. The van der Waals surface area contributed by atoms with Gasteiger partial charge in [0, 0.05) is 12.2 Å². The van der Waals surface area contributed by atoms with Crippen molar-refractivity contribution in [3.8, 4) is 0 Å². The van der Waals surface area contributed by atoms with Crippen LogP contribution < -0.4 is 10.6 Å². The van der Waals surface area contributed by atoms with Crippen LogP contribution in [0.25, 0.3) is 0 Å². The van der Waals surface area contributed by atoms with Crippen molar-refractivity contribution < 1.29 is 14.3 Å². The molecule has 2 aromatic rings. The van der Waals surface area contributed by atoms with Crippen molar-refractivity contribution >= 4 is 29.0 Å². The van der Waals surface area contributed by atoms with Gasteiger partial charge >= 0.3 is 5.97 Å². The number of carbonyl (C=O) groups is 1. The Morgan fingerprint density at radius 3 is 2.29 bits per heavy atom. The van der Waals surface area contributed by atoms with E-state index in [0.29, 0.717) is 17.3 Å². The van der Waals surface area contributed by atoms with E-state index in [-0.39, 0.29) is 11.4 Å². The monoisotopic (exact) mass is 304 g/mol. The van der Waals surface area contributed by atoms with E-state index >= 15 is 0 Å². The molecule has 0 aromatic heterocycles. The van der Waals surface area contributed by atoms with Gasteiger partial charge in [-0.25, -0.2) is 9.18 Å². The van der Waals surface area contributed by atoms with Crippen molar-refractivity contribution in [2.75, 3.05) is 5.32 Å². The van der Waals surface area contributed by atoms with Crippen molar-refractivity contribution in [1.82, 2.24) is 5.32 Å². The Balaban J connectivity index is 1.86. The van der Waals surface area contributed by atoms with E-state index in [1.807, 2.05) is 0 Å². The molecule has 2 aromatic carbocycles. The van der Waals surface area contributed by atoms with Gasteiger partial charge in [-0.1, -0.05) is 12.1 Å². The molecule has 0 heterocycles. The summed E-state index contributed by atoms with van der Waals surface area (Å²) >= 11 is 5.13. The molecule has 0 aliphatic carbocycles. The lowest BCUT2D eigenvalue weighted by molar-refractivity contribution is 0.0697. The lowest BCUT2D eigenvalue weighted by Gasteiger charge is -2.10. The minimum Gasteiger partial charge on any atom is -0.478 e. The fraction of sp³-hybridized carbons (Fsp3) is 0.0667. The second kappa shape index (κ2) is 6.81. The van der Waals surface area contributed by atoms with Crippen molar-refractivity contribution in [3.05, 3.63) is 65.5 Å². The standard InChI is InChI=1S/C15H13FN2O2S/c16-12-5-7-13(8-6-12)18-15(21)17-9-10-1-3-11(4-2-10)14(19)20/h1-8H,9H2,(H,19,20)(H2,17,18,21). The second-order valence-electron chi connectivity index (χ2n) is 4.32. The molecule has 0 saturated carbocycles. The fourth-order valence-electron chi connectivity index (χ4n) is 1.66. The predicted octanol–water partition coefficient (Wildman–Crippen LogP) is 3.01. The van der Waals surface area contributed by atoms with Crippen LogP contribution >= 0.6 is 12.2 Å². The predicted molar refractivity (Wildman–Crippen MR) is 82.9 cm³/mol. The highest BCUT2D eigenvalue weighted by Gasteiger charge is 2.02. The Bertz CT molecular complexity index is 642. The molecule has 0 aliphatic heterocycles. The summed E-state index contributed by atoms with van der Waals surface area (Å²) < 4.78 is 12.8. The van der Waals surface area contributed by atoms with E-state index in [4.69, 9.17) is 17.3 Å². The summed E-state index contributed by atoms with van der Waals surface area (Å²) in [4.78, 5) is 10.7. The average Bonchev–Trinajstić information content (AvgIpc) is 2.48. The molecule has 4 nitrogen and oxygen atoms in total. The van der Waals surface area contributed by atoms with Gasteiger partial charge in [0.05, 0.1) is 5.56 Å². The zero-order valence-electron chi connectivity index (χ0n) is 11.0. The van der Waals surface area contributed by atoms with Gasteiger partial charge < -0.3 is 15.7 Å². The highest BCUT2D eigenvalue weighted by atomic mass is 32.1. The van der Waals surface area contributed by atoms with E-state index in [1.165, 1.54) is 24.3 Å². The van der Waals surface area contributed by atoms with E-state index < -0.39 is 5.97 Å². The largest absolute Gasteiger partial charge is 0.478 e. The highest BCUT2D eigenvalue weighted by Crippen LogP contribution is 2.08. The summed E-state index contributed by atoms with van der Waals surface area (Å²) in [6, 6.07) is 12.4. The first kappa shape index (κ1) is 14.9. The van der Waals surface area contributed by atoms with Gasteiger partial charge in [-0.05, 0) is 54.2 Å². The van der Waals surface area contributed by atoms with Crippen LogP contribution in [0, 0.1) is 5.82 Å². The Hall–Kier alpha value is -2.47. The van der Waals surface area contributed by atoms with Crippen LogP contribution in [0.15, 0.2) is 48.5 Å². The molecular weight excluding hydrogens is 291 g/mol. The smallest absolute Gasteiger partial charge is 0.335 e. The van der Waals surface area contributed by atoms with Crippen LogP contribution in [0.5, 0.6) is 0 Å². The summed E-state index contributed by atoms with van der Waals surface area (Å²) in [6.45, 7) is 0.465. The molecule has 0 amide bonds. The first-order chi connectivity index (χ1) is 10.0. The van der Waals surface area contributed by atoms with Gasteiger partial charge in [-0.3, -0.25) is 0 Å². The number of rotatable bonds is 4. The van der Waals surface area contributed by atoms with Crippen LogP contribution in [-0.2, 0) is 6.54 Å². The number of anilines is 1. The lowest BCUT2D eigenvalue weighted by Crippen LogP contribution is -2.27. The number of carboxylic acid groups (broad SMARTS) is 1. The summed E-state index contributed by atoms with van der Waals surface area (Å²) in [6.07, 6.45) is 0. The number of thiocarbonyl (C=S) groups is 1. The van der Waals surface area contributed by atoms with E-state index in [1.54, 1.807) is 24.3 Å². The third-order valence-electron chi connectivity index (χ3n) is 2.76. The number of hydrogen-bond acceptors (Lipinski definition) is 2. The third kappa shape index (κ3) is 4.54. The van der Waals surface area contributed by atoms with E-state index in [0.717, 1.165) is 5.56 Å². The van der Waals surface area contributed by atoms with Crippen LogP contribution in [-0.4, -0.2) is 16.2 Å². The van der Waals surface area contributed by atoms with E-state index in [2.05, 4.69) is 10.6 Å². The van der Waals surface area contributed by atoms with Gasteiger partial charge in [0.1, 0.15) is 5.82 Å². The number of benzene rings is 2. The Morgan fingerprint density at radius 2 is 1.71 bits per heavy atom. The molecule has 0 radical (unpaired) electrons. The number of carboxylic acids is 1. The summed E-state index contributed by atoms with van der Waals surface area (Å²) in [5.41, 5.74) is 1.84. The number of halogens is 1. The number of aromatic carboxylic acids is 1. The average molecular weight is 304 g/mol. The number of hydrogen-bond donors (Lipinski definition) is 3. The van der Waals surface area contributed by atoms with Gasteiger partial charge in [-0.2, -0.15) is 0 Å². The Labute approximate surface area is 126 Å². The Kier molecular flexibility index (Phi) is 4.84. The van der Waals surface area contributed by atoms with Crippen LogP contribution in [0.1, 0.15) is 15.9 Å². The van der Waals surface area contributed by atoms with Gasteiger partial charge in [0.2, 0.25) is 0 Å². The minimum atomic E-state index is -0.956. The normalized spacial score (nSPS) is 9.95. The zero-order chi connectivity index (χ0) is 15.2. The lowest BCUT2D eigenvalue weighted by atomic mass is 10.1. The molecule has 0 spiro atoms. The maximum atomic E-state index is 12.8. The summed E-state index contributed by atoms with van der Waals surface area (Å²) in [5.74, 6) is -1.26. The second-order valence-corrected chi connectivity index (χ2v) is 4.72. The van der Waals surface area contributed by atoms with Crippen LogP contribution in [0.2, 0.25) is 0 Å². The van der Waals surface area contributed by atoms with Gasteiger partial charge in [0.15, 0.2) is 5.11 Å². The maximum Gasteiger partial charge on any atom is 0.335 e. The fourth-order valence-corrected chi connectivity index (χ4v) is 1.85. The van der Waals surface area contributed by atoms with Crippen molar-refractivity contribution in [1.29, 1.82) is 0 Å². The quantitative estimate of drug-likeness (QED) is 0.758. The maximum absolute atomic E-state index is 12.8. The molecule has 2 rings (SSSR count). The van der Waals surface area contributed by atoms with Crippen LogP contribution in [0.4, 0.5) is 10.1 Å². The van der Waals surface area contributed by atoms with Crippen molar-refractivity contribution in [3.63, 3.8) is 0 Å². The Morgan fingerprint density at radius 1 is 1.10 bits per heavy atom. The third-order valence-corrected chi connectivity index (χ3v) is 3.00. The van der Waals surface area contributed by atoms with Crippen molar-refractivity contribution in [2.24, 2.45) is 0 Å². The molecule has 0 saturated heterocycles. The van der Waals surface area contributed by atoms with E-state index in [9.17, 15) is 9.18 Å². The zero-order valence-corrected chi connectivity index (χ0v) is 11.8. The van der Waals surface area contributed by atoms with Crippen molar-refractivity contribution in [2.45, 2.75) is 6.54 Å². The first-order valence-electron chi connectivity index (χ1n) is 6.17. The summed E-state index contributed by atoms with van der Waals surface area (Å²) in [7, 11) is 0. The topological polar surface area (TPSA) is 61.4 Å². The molecule has 0 unspecified atom stereocenters. The minimum absolute atomic E-state index is 0.241. The molecular formula is C15H13FN2O2S. The molecule has 0 fully saturated rings. The molecule has 0 aliphatic rings. The molecule has 0 bridgehead atoms. The molecule has 21 heavy (non-hydrogen) atoms. The molecule has 3 N–H and O–H groups in total. The summed E-state index contributed by atoms with van der Waals surface area (Å²) in [5, 5.41) is 15.1. The van der Waals surface area contributed by atoms with Crippen LogP contribution in [0.3, 0.4) is 0 Å². The molecule has 0 atom stereocenters. The molecule has 108 valence electrons. The number of nitrogens with one attached hydrogen (secondary N) is 2.